The van der Waals surface area contributed by atoms with E-state index >= 15 is 0 Å². The third-order valence-corrected chi connectivity index (χ3v) is 1.98. The number of para-hydroxylation sites is 1. The fourth-order valence-electron chi connectivity index (χ4n) is 1.33. The van der Waals surface area contributed by atoms with Gasteiger partial charge in [-0.2, -0.15) is 4.68 Å². The van der Waals surface area contributed by atoms with Gasteiger partial charge in [-0.1, -0.05) is 18.2 Å². The van der Waals surface area contributed by atoms with Gasteiger partial charge in [-0.25, -0.2) is 4.79 Å². The predicted octanol–water partition coefficient (Wildman–Crippen LogP) is 0.188. The number of hydrogen-bond acceptors (Lipinski definition) is 3. The van der Waals surface area contributed by atoms with Crippen LogP contribution in [-0.2, 0) is 11.2 Å². The molecule has 0 amide bonds. The molecule has 2 aromatic rings. The number of nitrogens with zero attached hydrogens (tertiary/aromatic N) is 2. The lowest BCUT2D eigenvalue weighted by molar-refractivity contribution is -0.136. The van der Waals surface area contributed by atoms with Crippen LogP contribution in [0.5, 0.6) is 0 Å². The molecule has 1 heterocycles. The zero-order chi connectivity index (χ0) is 11.5. The summed E-state index contributed by atoms with van der Waals surface area (Å²) in [6.45, 7) is 0. The number of hydrogen-bond donors (Lipinski definition) is 2. The van der Waals surface area contributed by atoms with Gasteiger partial charge in [-0.05, 0) is 12.1 Å². The molecule has 2 N–H and O–H groups in total. The minimum absolute atomic E-state index is 0.140. The maximum Gasteiger partial charge on any atom is 0.348 e. The van der Waals surface area contributed by atoms with Crippen LogP contribution in [-0.4, -0.2) is 25.8 Å². The lowest BCUT2D eigenvalue weighted by Gasteiger charge is -1.96. The van der Waals surface area contributed by atoms with Gasteiger partial charge in [0.15, 0.2) is 0 Å². The van der Waals surface area contributed by atoms with E-state index in [-0.39, 0.29) is 12.2 Å². The number of rotatable bonds is 3. The van der Waals surface area contributed by atoms with E-state index in [0.717, 1.165) is 4.68 Å². The number of aromatic nitrogens is 3. The Bertz CT molecular complexity index is 556. The Morgan fingerprint density at radius 3 is 2.69 bits per heavy atom. The molecule has 0 aliphatic rings. The quantitative estimate of drug-likeness (QED) is 0.771. The third kappa shape index (κ3) is 2.00. The van der Waals surface area contributed by atoms with Gasteiger partial charge in [0.1, 0.15) is 12.2 Å². The van der Waals surface area contributed by atoms with E-state index < -0.39 is 11.7 Å². The highest BCUT2D eigenvalue weighted by Crippen LogP contribution is 2.02. The molecule has 2 rings (SSSR count). The largest absolute Gasteiger partial charge is 0.481 e. The Hall–Kier alpha value is -2.37. The van der Waals surface area contributed by atoms with Crippen molar-refractivity contribution in [3.05, 3.63) is 46.6 Å². The van der Waals surface area contributed by atoms with Crippen LogP contribution >= 0.6 is 0 Å². The van der Waals surface area contributed by atoms with E-state index in [0.29, 0.717) is 5.69 Å². The van der Waals surface area contributed by atoms with Crippen molar-refractivity contribution >= 4 is 5.97 Å². The van der Waals surface area contributed by atoms with Crippen LogP contribution in [0.1, 0.15) is 5.82 Å². The monoisotopic (exact) mass is 219 g/mol. The van der Waals surface area contributed by atoms with E-state index in [2.05, 4.69) is 10.1 Å². The molecule has 82 valence electrons. The lowest BCUT2D eigenvalue weighted by Crippen LogP contribution is -2.15. The molecule has 0 spiro atoms. The smallest absolute Gasteiger partial charge is 0.348 e. The Balaban J connectivity index is 2.40. The molecule has 0 aliphatic heterocycles. The van der Waals surface area contributed by atoms with Crippen molar-refractivity contribution < 1.29 is 9.90 Å². The molecule has 0 saturated carbocycles. The normalized spacial score (nSPS) is 10.2. The lowest BCUT2D eigenvalue weighted by atomic mass is 10.3. The molecule has 16 heavy (non-hydrogen) atoms. The summed E-state index contributed by atoms with van der Waals surface area (Å²) in [5.41, 5.74) is 0.155. The summed E-state index contributed by atoms with van der Waals surface area (Å²) in [6.07, 6.45) is -0.297. The van der Waals surface area contributed by atoms with Crippen molar-refractivity contribution in [2.75, 3.05) is 0 Å². The molecule has 0 fully saturated rings. The van der Waals surface area contributed by atoms with Crippen molar-refractivity contribution in [2.45, 2.75) is 6.42 Å². The zero-order valence-corrected chi connectivity index (χ0v) is 8.25. The fraction of sp³-hybridized carbons (Fsp3) is 0.100. The second kappa shape index (κ2) is 4.01. The average molecular weight is 219 g/mol. The third-order valence-electron chi connectivity index (χ3n) is 1.98. The number of carboxylic acids is 1. The summed E-state index contributed by atoms with van der Waals surface area (Å²) in [5, 5.41) is 12.5. The van der Waals surface area contributed by atoms with Gasteiger partial charge in [0, 0.05) is 0 Å². The highest BCUT2D eigenvalue weighted by Gasteiger charge is 2.09. The first-order valence-corrected chi connectivity index (χ1v) is 4.62. The molecule has 0 unspecified atom stereocenters. The molecule has 6 nitrogen and oxygen atoms in total. The van der Waals surface area contributed by atoms with Crippen LogP contribution in [0.2, 0.25) is 0 Å². The molecular weight excluding hydrogens is 210 g/mol. The van der Waals surface area contributed by atoms with Crippen LogP contribution in [0.15, 0.2) is 35.1 Å². The van der Waals surface area contributed by atoms with Crippen molar-refractivity contribution in [3.8, 4) is 5.69 Å². The first-order chi connectivity index (χ1) is 7.66. The second-order valence-electron chi connectivity index (χ2n) is 3.19. The molecule has 0 atom stereocenters. The number of aromatic amines is 1. The Kier molecular flexibility index (Phi) is 2.55. The number of nitrogens with one attached hydrogen (secondary N) is 1. The first kappa shape index (κ1) is 10.2. The second-order valence-corrected chi connectivity index (χ2v) is 3.19. The Labute approximate surface area is 90.2 Å². The van der Waals surface area contributed by atoms with Gasteiger partial charge in [0.05, 0.1) is 5.69 Å². The summed E-state index contributed by atoms with van der Waals surface area (Å²) in [5.74, 6) is -0.893. The van der Waals surface area contributed by atoms with E-state index in [1.165, 1.54) is 0 Å². The van der Waals surface area contributed by atoms with Gasteiger partial charge < -0.3 is 5.11 Å². The molecule has 0 saturated heterocycles. The predicted molar refractivity (Wildman–Crippen MR) is 55.5 cm³/mol. The van der Waals surface area contributed by atoms with Gasteiger partial charge in [-0.3, -0.25) is 9.78 Å². The van der Waals surface area contributed by atoms with Gasteiger partial charge in [0.2, 0.25) is 0 Å². The number of benzene rings is 1. The van der Waals surface area contributed by atoms with E-state index in [9.17, 15) is 9.59 Å². The summed E-state index contributed by atoms with van der Waals surface area (Å²) >= 11 is 0. The Morgan fingerprint density at radius 1 is 1.38 bits per heavy atom. The number of carbonyl (C=O) groups is 1. The van der Waals surface area contributed by atoms with Crippen LogP contribution < -0.4 is 5.69 Å². The van der Waals surface area contributed by atoms with Crippen LogP contribution in [0.4, 0.5) is 0 Å². The summed E-state index contributed by atoms with van der Waals surface area (Å²) in [4.78, 5) is 24.3. The maximum absolute atomic E-state index is 11.5. The number of H-pyrrole nitrogens is 1. The van der Waals surface area contributed by atoms with E-state index in [4.69, 9.17) is 5.11 Å². The summed E-state index contributed by atoms with van der Waals surface area (Å²) in [6, 6.07) is 8.79. The van der Waals surface area contributed by atoms with E-state index in [1.807, 2.05) is 6.07 Å². The molecular formula is C10H9N3O3. The van der Waals surface area contributed by atoms with Crippen LogP contribution in [0, 0.1) is 0 Å². The van der Waals surface area contributed by atoms with Gasteiger partial charge in [-0.15, -0.1) is 5.10 Å². The molecule has 6 heteroatoms. The van der Waals surface area contributed by atoms with Gasteiger partial charge in [0.25, 0.3) is 0 Å². The topological polar surface area (TPSA) is 88.0 Å². The number of carboxylic acid groups (broad SMARTS) is 1. The molecule has 0 aliphatic carbocycles. The highest BCUT2D eigenvalue weighted by atomic mass is 16.4. The van der Waals surface area contributed by atoms with Crippen molar-refractivity contribution in [3.63, 3.8) is 0 Å². The number of aliphatic carboxylic acids is 1. The zero-order valence-electron chi connectivity index (χ0n) is 8.25. The van der Waals surface area contributed by atoms with Crippen molar-refractivity contribution in [1.82, 2.24) is 14.8 Å². The SMILES string of the molecule is O=C(O)Cc1nn(-c2ccccc2)c(=O)[nH]1. The first-order valence-electron chi connectivity index (χ1n) is 4.62. The van der Waals surface area contributed by atoms with Crippen molar-refractivity contribution in [1.29, 1.82) is 0 Å². The molecule has 0 radical (unpaired) electrons. The van der Waals surface area contributed by atoms with Crippen LogP contribution in [0.25, 0.3) is 5.69 Å². The average Bonchev–Trinajstić information content (AvgIpc) is 2.60. The van der Waals surface area contributed by atoms with Crippen molar-refractivity contribution in [2.24, 2.45) is 0 Å². The maximum atomic E-state index is 11.5. The van der Waals surface area contributed by atoms with Gasteiger partial charge >= 0.3 is 11.7 Å². The molecule has 0 bridgehead atoms. The fourth-order valence-corrected chi connectivity index (χ4v) is 1.33. The van der Waals surface area contributed by atoms with E-state index in [1.54, 1.807) is 24.3 Å². The highest BCUT2D eigenvalue weighted by molar-refractivity contribution is 5.68. The standard InChI is InChI=1S/C10H9N3O3/c14-9(15)6-8-11-10(16)13(12-8)7-4-2-1-3-5-7/h1-5H,6H2,(H,14,15)(H,11,12,16). The summed E-state index contributed by atoms with van der Waals surface area (Å²) < 4.78 is 1.14. The minimum Gasteiger partial charge on any atom is -0.481 e. The summed E-state index contributed by atoms with van der Waals surface area (Å²) in [7, 11) is 0. The molecule has 1 aromatic heterocycles. The van der Waals surface area contributed by atoms with Crippen LogP contribution in [0.3, 0.4) is 0 Å². The molecule has 1 aromatic carbocycles. The Morgan fingerprint density at radius 2 is 2.06 bits per heavy atom. The minimum atomic E-state index is -1.03.